The van der Waals surface area contributed by atoms with Crippen LogP contribution < -0.4 is 10.6 Å². The molecule has 8 nitrogen and oxygen atoms in total. The molecule has 0 aliphatic rings. The van der Waals surface area contributed by atoms with E-state index in [1.807, 2.05) is 26.0 Å². The van der Waals surface area contributed by atoms with Crippen LogP contribution >= 0.6 is 23.1 Å². The van der Waals surface area contributed by atoms with E-state index in [9.17, 15) is 14.4 Å². The van der Waals surface area contributed by atoms with E-state index < -0.39 is 5.97 Å². The van der Waals surface area contributed by atoms with Crippen molar-refractivity contribution in [3.63, 3.8) is 0 Å². The molecule has 3 aromatic rings. The van der Waals surface area contributed by atoms with Crippen LogP contribution in [0.15, 0.2) is 46.8 Å². The van der Waals surface area contributed by atoms with Crippen LogP contribution in [-0.2, 0) is 9.53 Å². The fourth-order valence-corrected chi connectivity index (χ4v) is 4.21. The molecule has 1 heterocycles. The van der Waals surface area contributed by atoms with Crippen LogP contribution in [0.5, 0.6) is 0 Å². The van der Waals surface area contributed by atoms with E-state index in [1.54, 1.807) is 37.3 Å². The topological polar surface area (TPSA) is 110 Å². The molecule has 0 bridgehead atoms. The molecule has 2 amide bonds. The zero-order chi connectivity index (χ0) is 23.1. The number of hydrogen-bond acceptors (Lipinski definition) is 8. The number of carbonyl (C=O) groups is 3. The number of hydrogen-bond donors (Lipinski definition) is 2. The predicted molar refractivity (Wildman–Crippen MR) is 126 cm³/mol. The van der Waals surface area contributed by atoms with Gasteiger partial charge >= 0.3 is 5.97 Å². The van der Waals surface area contributed by atoms with E-state index in [4.69, 9.17) is 4.74 Å². The minimum Gasteiger partial charge on any atom is -0.462 e. The Kier molecular flexibility index (Phi) is 7.96. The quantitative estimate of drug-likeness (QED) is 0.287. The highest BCUT2D eigenvalue weighted by atomic mass is 32.2. The van der Waals surface area contributed by atoms with Gasteiger partial charge in [0.05, 0.1) is 23.6 Å². The van der Waals surface area contributed by atoms with Gasteiger partial charge in [-0.25, -0.2) is 4.79 Å². The van der Waals surface area contributed by atoms with E-state index in [1.165, 1.54) is 23.1 Å². The first kappa shape index (κ1) is 23.4. The van der Waals surface area contributed by atoms with Gasteiger partial charge in [-0.2, -0.15) is 0 Å². The average molecular weight is 471 g/mol. The number of benzene rings is 2. The number of anilines is 2. The molecule has 0 aliphatic carbocycles. The Morgan fingerprint density at radius 3 is 2.56 bits per heavy atom. The Morgan fingerprint density at radius 1 is 1.03 bits per heavy atom. The number of aromatic nitrogens is 2. The molecule has 0 fully saturated rings. The Balaban J connectivity index is 1.55. The van der Waals surface area contributed by atoms with Gasteiger partial charge in [0.25, 0.3) is 5.91 Å². The third-order valence-electron chi connectivity index (χ3n) is 4.42. The fraction of sp³-hybridized carbons (Fsp3) is 0.227. The van der Waals surface area contributed by atoms with Crippen molar-refractivity contribution in [1.82, 2.24) is 10.2 Å². The van der Waals surface area contributed by atoms with Gasteiger partial charge in [0, 0.05) is 5.56 Å². The molecule has 2 N–H and O–H groups in total. The number of para-hydroxylation sites is 1. The highest BCUT2D eigenvalue weighted by Crippen LogP contribution is 2.26. The van der Waals surface area contributed by atoms with Gasteiger partial charge in [-0.1, -0.05) is 41.3 Å². The summed E-state index contributed by atoms with van der Waals surface area (Å²) in [6.45, 7) is 5.89. The summed E-state index contributed by atoms with van der Waals surface area (Å²) < 4.78 is 5.55. The lowest BCUT2D eigenvalue weighted by molar-refractivity contribution is -0.113. The molecule has 0 spiro atoms. The number of thioether (sulfide) groups is 1. The molecule has 1 aromatic heterocycles. The first-order valence-corrected chi connectivity index (χ1v) is 11.6. The van der Waals surface area contributed by atoms with Crippen molar-refractivity contribution >= 4 is 51.7 Å². The van der Waals surface area contributed by atoms with Gasteiger partial charge < -0.3 is 10.1 Å². The Bertz CT molecular complexity index is 1150. The Labute approximate surface area is 193 Å². The zero-order valence-corrected chi connectivity index (χ0v) is 19.4. The van der Waals surface area contributed by atoms with Gasteiger partial charge in [0.2, 0.25) is 11.0 Å². The third-order valence-corrected chi connectivity index (χ3v) is 6.39. The van der Waals surface area contributed by atoms with Crippen LogP contribution in [0.25, 0.3) is 0 Å². The van der Waals surface area contributed by atoms with Gasteiger partial charge in [-0.05, 0) is 56.2 Å². The number of esters is 1. The molecular formula is C22H22N4O4S2. The second kappa shape index (κ2) is 10.9. The first-order chi connectivity index (χ1) is 15.4. The number of nitrogens with zero attached hydrogens (tertiary/aromatic N) is 2. The lowest BCUT2D eigenvalue weighted by Gasteiger charge is -2.09. The molecule has 32 heavy (non-hydrogen) atoms. The standard InChI is InChI=1S/C22H22N4O4S2/c1-4-30-20(29)16-7-5-6-8-17(16)23-18(27)12-31-22-26-25-21(32-22)24-19(28)15-10-9-13(2)14(3)11-15/h5-11H,4,12H2,1-3H3,(H,23,27)(H,24,25,28). The highest BCUT2D eigenvalue weighted by Gasteiger charge is 2.15. The van der Waals surface area contributed by atoms with Crippen molar-refractivity contribution in [3.8, 4) is 0 Å². The van der Waals surface area contributed by atoms with Crippen molar-refractivity contribution < 1.29 is 19.1 Å². The van der Waals surface area contributed by atoms with Crippen molar-refractivity contribution in [2.24, 2.45) is 0 Å². The summed E-state index contributed by atoms with van der Waals surface area (Å²) in [5, 5.41) is 13.8. The van der Waals surface area contributed by atoms with E-state index in [0.717, 1.165) is 11.1 Å². The highest BCUT2D eigenvalue weighted by molar-refractivity contribution is 8.01. The van der Waals surface area contributed by atoms with Crippen LogP contribution in [0.2, 0.25) is 0 Å². The van der Waals surface area contributed by atoms with Crippen LogP contribution in [0.4, 0.5) is 10.8 Å². The third kappa shape index (κ3) is 6.14. The summed E-state index contributed by atoms with van der Waals surface area (Å²) >= 11 is 2.37. The van der Waals surface area contributed by atoms with Crippen LogP contribution in [0.3, 0.4) is 0 Å². The Hall–Kier alpha value is -3.24. The summed E-state index contributed by atoms with van der Waals surface area (Å²) in [6, 6.07) is 12.1. The molecule has 10 heteroatoms. The number of ether oxygens (including phenoxy) is 1. The normalized spacial score (nSPS) is 10.5. The van der Waals surface area contributed by atoms with E-state index in [2.05, 4.69) is 20.8 Å². The number of carbonyl (C=O) groups excluding carboxylic acids is 3. The van der Waals surface area contributed by atoms with Crippen molar-refractivity contribution in [2.45, 2.75) is 25.1 Å². The molecule has 0 unspecified atom stereocenters. The van der Waals surface area contributed by atoms with Crippen LogP contribution in [-0.4, -0.2) is 40.3 Å². The van der Waals surface area contributed by atoms with E-state index >= 15 is 0 Å². The summed E-state index contributed by atoms with van der Waals surface area (Å²) in [5.41, 5.74) is 3.35. The average Bonchev–Trinajstić information content (AvgIpc) is 3.22. The molecule has 3 rings (SSSR count). The maximum Gasteiger partial charge on any atom is 0.340 e. The van der Waals surface area contributed by atoms with Gasteiger partial charge in [0.15, 0.2) is 4.34 Å². The number of amides is 2. The second-order valence-corrected chi connectivity index (χ2v) is 8.93. The monoisotopic (exact) mass is 470 g/mol. The molecule has 0 radical (unpaired) electrons. The summed E-state index contributed by atoms with van der Waals surface area (Å²) in [7, 11) is 0. The molecule has 2 aromatic carbocycles. The summed E-state index contributed by atoms with van der Waals surface area (Å²) in [5.74, 6) is -1.00. The molecule has 166 valence electrons. The van der Waals surface area contributed by atoms with Crippen molar-refractivity contribution in [3.05, 3.63) is 64.7 Å². The van der Waals surface area contributed by atoms with Gasteiger partial charge in [0.1, 0.15) is 0 Å². The molecular weight excluding hydrogens is 448 g/mol. The molecule has 0 aliphatic heterocycles. The van der Waals surface area contributed by atoms with Crippen molar-refractivity contribution in [1.29, 1.82) is 0 Å². The summed E-state index contributed by atoms with van der Waals surface area (Å²) in [4.78, 5) is 36.8. The maximum atomic E-state index is 12.4. The predicted octanol–water partition coefficient (Wildman–Crippen LogP) is 4.31. The Morgan fingerprint density at radius 2 is 1.81 bits per heavy atom. The largest absolute Gasteiger partial charge is 0.462 e. The number of aryl methyl sites for hydroxylation is 2. The van der Waals surface area contributed by atoms with Crippen LogP contribution in [0, 0.1) is 13.8 Å². The van der Waals surface area contributed by atoms with E-state index in [0.29, 0.717) is 26.3 Å². The molecule has 0 saturated heterocycles. The minimum atomic E-state index is -0.496. The maximum absolute atomic E-state index is 12.4. The number of nitrogens with one attached hydrogen (secondary N) is 2. The molecule has 0 atom stereocenters. The SMILES string of the molecule is CCOC(=O)c1ccccc1NC(=O)CSc1nnc(NC(=O)c2ccc(C)c(C)c2)s1. The lowest BCUT2D eigenvalue weighted by atomic mass is 10.1. The molecule has 0 saturated carbocycles. The van der Waals surface area contributed by atoms with Crippen molar-refractivity contribution in [2.75, 3.05) is 23.0 Å². The van der Waals surface area contributed by atoms with Gasteiger partial charge in [-0.3, -0.25) is 14.9 Å². The summed E-state index contributed by atoms with van der Waals surface area (Å²) in [6.07, 6.45) is 0. The first-order valence-electron chi connectivity index (χ1n) is 9.78. The van der Waals surface area contributed by atoms with Crippen LogP contribution in [0.1, 0.15) is 38.8 Å². The van der Waals surface area contributed by atoms with Gasteiger partial charge in [-0.15, -0.1) is 10.2 Å². The minimum absolute atomic E-state index is 0.0664. The smallest absolute Gasteiger partial charge is 0.340 e. The van der Waals surface area contributed by atoms with E-state index in [-0.39, 0.29) is 24.2 Å². The second-order valence-electron chi connectivity index (χ2n) is 6.73. The lowest BCUT2D eigenvalue weighted by Crippen LogP contribution is -2.17. The fourth-order valence-electron chi connectivity index (χ4n) is 2.66. The number of rotatable bonds is 8. The zero-order valence-electron chi connectivity index (χ0n) is 17.8.